The van der Waals surface area contributed by atoms with Gasteiger partial charge in [-0.05, 0) is 45.4 Å². The molecule has 2 aromatic heterocycles. The van der Waals surface area contributed by atoms with Crippen molar-refractivity contribution >= 4 is 28.7 Å². The van der Waals surface area contributed by atoms with Gasteiger partial charge < -0.3 is 10.3 Å². The summed E-state index contributed by atoms with van der Waals surface area (Å²) in [5.41, 5.74) is 4.91. The molecular formula is C19H19N3O2S. The number of carbonyl (C=O) groups is 2. The Balaban J connectivity index is 1.87. The smallest absolute Gasteiger partial charge is 0.272 e. The van der Waals surface area contributed by atoms with E-state index in [2.05, 4.69) is 15.3 Å². The van der Waals surface area contributed by atoms with Gasteiger partial charge in [0.15, 0.2) is 5.78 Å². The van der Waals surface area contributed by atoms with Crippen molar-refractivity contribution in [3.63, 3.8) is 0 Å². The van der Waals surface area contributed by atoms with E-state index in [-0.39, 0.29) is 11.7 Å². The first-order valence-corrected chi connectivity index (χ1v) is 8.78. The number of nitrogens with zero attached hydrogens (tertiary/aromatic N) is 1. The molecule has 3 aromatic rings. The Morgan fingerprint density at radius 1 is 1.20 bits per heavy atom. The fraction of sp³-hybridized carbons (Fsp3) is 0.211. The maximum absolute atomic E-state index is 12.6. The van der Waals surface area contributed by atoms with E-state index in [1.807, 2.05) is 36.6 Å². The second-order valence-electron chi connectivity index (χ2n) is 5.97. The number of carbonyl (C=O) groups excluding carboxylic acids is 2. The van der Waals surface area contributed by atoms with Gasteiger partial charge in [0.05, 0.1) is 10.7 Å². The first-order valence-electron chi connectivity index (χ1n) is 7.91. The molecule has 0 aliphatic rings. The first kappa shape index (κ1) is 17.1. The van der Waals surface area contributed by atoms with E-state index in [1.165, 1.54) is 6.92 Å². The molecular weight excluding hydrogens is 334 g/mol. The number of Topliss-reactive ketones (excluding diaryl/α,β-unsaturated/α-hetero) is 1. The minimum atomic E-state index is -0.264. The van der Waals surface area contributed by atoms with Crippen LogP contribution in [0.4, 0.5) is 5.69 Å². The van der Waals surface area contributed by atoms with E-state index in [0.717, 1.165) is 16.3 Å². The summed E-state index contributed by atoms with van der Waals surface area (Å²) in [4.78, 5) is 31.8. The topological polar surface area (TPSA) is 74.8 Å². The summed E-state index contributed by atoms with van der Waals surface area (Å²) in [6, 6.07) is 7.57. The molecule has 1 amide bonds. The molecule has 0 radical (unpaired) electrons. The SMILES string of the molecule is CC(=O)c1c(C)[nH]c(C(=O)Nc2cccc(-c3csc(C)n3)c2)c1C. The molecule has 2 heterocycles. The number of aromatic amines is 1. The minimum absolute atomic E-state index is 0.0498. The van der Waals surface area contributed by atoms with Crippen LogP contribution in [-0.2, 0) is 0 Å². The van der Waals surface area contributed by atoms with Crippen molar-refractivity contribution in [1.82, 2.24) is 9.97 Å². The maximum Gasteiger partial charge on any atom is 0.272 e. The lowest BCUT2D eigenvalue weighted by atomic mass is 10.1. The van der Waals surface area contributed by atoms with Crippen molar-refractivity contribution in [1.29, 1.82) is 0 Å². The van der Waals surface area contributed by atoms with Crippen LogP contribution in [-0.4, -0.2) is 21.7 Å². The highest BCUT2D eigenvalue weighted by Crippen LogP contribution is 2.25. The van der Waals surface area contributed by atoms with Crippen molar-refractivity contribution in [3.8, 4) is 11.3 Å². The number of hydrogen-bond donors (Lipinski definition) is 2. The summed E-state index contributed by atoms with van der Waals surface area (Å²) in [7, 11) is 0. The predicted octanol–water partition coefficient (Wildman–Crippen LogP) is 4.52. The summed E-state index contributed by atoms with van der Waals surface area (Å²) in [5, 5.41) is 5.88. The molecule has 6 heteroatoms. The van der Waals surface area contributed by atoms with Crippen LogP contribution in [0.25, 0.3) is 11.3 Å². The van der Waals surface area contributed by atoms with Gasteiger partial charge in [0.1, 0.15) is 5.69 Å². The van der Waals surface area contributed by atoms with Crippen LogP contribution in [0.1, 0.15) is 44.0 Å². The lowest BCUT2D eigenvalue weighted by molar-refractivity contribution is 0.101. The molecule has 5 nitrogen and oxygen atoms in total. The van der Waals surface area contributed by atoms with E-state index in [0.29, 0.717) is 28.2 Å². The number of thiazole rings is 1. The standard InChI is InChI=1S/C19H19N3O2S/c1-10-17(12(3)23)11(2)20-18(10)19(24)22-15-7-5-6-14(8-15)16-9-25-13(4)21-16/h5-9,20H,1-4H3,(H,22,24). The Bertz CT molecular complexity index is 969. The Hall–Kier alpha value is -2.73. The first-order chi connectivity index (χ1) is 11.9. The summed E-state index contributed by atoms with van der Waals surface area (Å²) >= 11 is 1.59. The number of amides is 1. The number of benzene rings is 1. The number of aryl methyl sites for hydroxylation is 2. The van der Waals surface area contributed by atoms with Gasteiger partial charge in [-0.25, -0.2) is 4.98 Å². The van der Waals surface area contributed by atoms with Gasteiger partial charge in [-0.2, -0.15) is 0 Å². The highest BCUT2D eigenvalue weighted by molar-refractivity contribution is 7.09. The van der Waals surface area contributed by atoms with Gasteiger partial charge >= 0.3 is 0 Å². The summed E-state index contributed by atoms with van der Waals surface area (Å²) in [6.07, 6.45) is 0. The van der Waals surface area contributed by atoms with E-state index >= 15 is 0 Å². The van der Waals surface area contributed by atoms with Gasteiger partial charge in [-0.1, -0.05) is 12.1 Å². The predicted molar refractivity (Wildman–Crippen MR) is 101 cm³/mol. The van der Waals surface area contributed by atoms with Crippen molar-refractivity contribution in [3.05, 3.63) is 57.2 Å². The Morgan fingerprint density at radius 3 is 2.56 bits per heavy atom. The van der Waals surface area contributed by atoms with Crippen LogP contribution < -0.4 is 5.32 Å². The van der Waals surface area contributed by atoms with Crippen LogP contribution in [0.5, 0.6) is 0 Å². The molecule has 25 heavy (non-hydrogen) atoms. The average molecular weight is 353 g/mol. The molecule has 128 valence electrons. The molecule has 0 bridgehead atoms. The lowest BCUT2D eigenvalue weighted by Gasteiger charge is -2.06. The number of aromatic nitrogens is 2. The Morgan fingerprint density at radius 2 is 1.96 bits per heavy atom. The van der Waals surface area contributed by atoms with Crippen LogP contribution in [0.3, 0.4) is 0 Å². The monoisotopic (exact) mass is 353 g/mol. The zero-order chi connectivity index (χ0) is 18.1. The third kappa shape index (κ3) is 3.39. The molecule has 0 aliphatic carbocycles. The summed E-state index contributed by atoms with van der Waals surface area (Å²) < 4.78 is 0. The van der Waals surface area contributed by atoms with Crippen LogP contribution >= 0.6 is 11.3 Å². The van der Waals surface area contributed by atoms with Gasteiger partial charge in [0.25, 0.3) is 5.91 Å². The molecule has 0 saturated heterocycles. The normalized spacial score (nSPS) is 10.7. The van der Waals surface area contributed by atoms with Crippen LogP contribution in [0, 0.1) is 20.8 Å². The van der Waals surface area contributed by atoms with Crippen molar-refractivity contribution in [2.45, 2.75) is 27.7 Å². The number of anilines is 1. The van der Waals surface area contributed by atoms with Crippen LogP contribution in [0.2, 0.25) is 0 Å². The fourth-order valence-corrected chi connectivity index (χ4v) is 3.57. The third-order valence-electron chi connectivity index (χ3n) is 4.05. The van der Waals surface area contributed by atoms with E-state index in [9.17, 15) is 9.59 Å². The molecule has 2 N–H and O–H groups in total. The number of hydrogen-bond acceptors (Lipinski definition) is 4. The second kappa shape index (κ2) is 6.64. The highest BCUT2D eigenvalue weighted by Gasteiger charge is 2.20. The zero-order valence-electron chi connectivity index (χ0n) is 14.6. The Kier molecular flexibility index (Phi) is 4.55. The van der Waals surface area contributed by atoms with Crippen LogP contribution in [0.15, 0.2) is 29.6 Å². The summed E-state index contributed by atoms with van der Waals surface area (Å²) in [5.74, 6) is -0.314. The average Bonchev–Trinajstić information content (AvgIpc) is 3.11. The number of rotatable bonds is 4. The highest BCUT2D eigenvalue weighted by atomic mass is 32.1. The minimum Gasteiger partial charge on any atom is -0.354 e. The number of ketones is 1. The molecule has 0 saturated carbocycles. The Labute approximate surface area is 150 Å². The maximum atomic E-state index is 12.6. The van der Waals surface area contributed by atoms with Gasteiger partial charge in [0, 0.05) is 27.9 Å². The van der Waals surface area contributed by atoms with Crippen molar-refractivity contribution in [2.75, 3.05) is 5.32 Å². The molecule has 0 fully saturated rings. The zero-order valence-corrected chi connectivity index (χ0v) is 15.4. The quantitative estimate of drug-likeness (QED) is 0.677. The largest absolute Gasteiger partial charge is 0.354 e. The second-order valence-corrected chi connectivity index (χ2v) is 7.03. The van der Waals surface area contributed by atoms with Gasteiger partial charge in [-0.3, -0.25) is 9.59 Å². The summed E-state index contributed by atoms with van der Waals surface area (Å²) in [6.45, 7) is 7.04. The molecule has 1 aromatic carbocycles. The van der Waals surface area contributed by atoms with E-state index in [1.54, 1.807) is 25.2 Å². The fourth-order valence-electron chi connectivity index (χ4n) is 2.95. The van der Waals surface area contributed by atoms with Gasteiger partial charge in [0.2, 0.25) is 0 Å². The molecule has 0 spiro atoms. The van der Waals surface area contributed by atoms with Crippen molar-refractivity contribution < 1.29 is 9.59 Å². The van der Waals surface area contributed by atoms with E-state index in [4.69, 9.17) is 0 Å². The molecule has 0 unspecified atom stereocenters. The van der Waals surface area contributed by atoms with Gasteiger partial charge in [-0.15, -0.1) is 11.3 Å². The lowest BCUT2D eigenvalue weighted by Crippen LogP contribution is -2.14. The number of nitrogens with one attached hydrogen (secondary N) is 2. The molecule has 0 aliphatic heterocycles. The molecule has 0 atom stereocenters. The van der Waals surface area contributed by atoms with E-state index < -0.39 is 0 Å². The number of H-pyrrole nitrogens is 1. The third-order valence-corrected chi connectivity index (χ3v) is 4.83. The van der Waals surface area contributed by atoms with Crippen molar-refractivity contribution in [2.24, 2.45) is 0 Å². The molecule has 3 rings (SSSR count).